The van der Waals surface area contributed by atoms with Gasteiger partial charge in [0.15, 0.2) is 0 Å². The number of nitrogens with one attached hydrogen (secondary N) is 1. The van der Waals surface area contributed by atoms with Crippen molar-refractivity contribution in [1.29, 1.82) is 0 Å². The quantitative estimate of drug-likeness (QED) is 0.248. The first-order valence-electron chi connectivity index (χ1n) is 10.9. The Hall–Kier alpha value is -2.34. The highest BCUT2D eigenvalue weighted by Gasteiger charge is 2.43. The number of piperazine rings is 1. The van der Waals surface area contributed by atoms with Gasteiger partial charge in [-0.3, -0.25) is 9.69 Å². The smallest absolute Gasteiger partial charge is 0.471 e. The molecule has 0 aromatic heterocycles. The predicted molar refractivity (Wildman–Crippen MR) is 122 cm³/mol. The van der Waals surface area contributed by atoms with Crippen LogP contribution in [0.25, 0.3) is 0 Å². The molecule has 32 heavy (non-hydrogen) atoms. The van der Waals surface area contributed by atoms with Gasteiger partial charge in [-0.05, 0) is 31.9 Å². The van der Waals surface area contributed by atoms with E-state index in [4.69, 9.17) is 15.6 Å². The van der Waals surface area contributed by atoms with Crippen LogP contribution in [0.4, 0.5) is 10.5 Å². The highest BCUT2D eigenvalue weighted by atomic mass is 16.5. The molecule has 0 aliphatic carbocycles. The van der Waals surface area contributed by atoms with Gasteiger partial charge < -0.3 is 35.8 Å². The molecule has 0 saturated carbocycles. The summed E-state index contributed by atoms with van der Waals surface area (Å²) in [6.07, 6.45) is 2.63. The fourth-order valence-corrected chi connectivity index (χ4v) is 4.16. The Bertz CT molecular complexity index is 756. The van der Waals surface area contributed by atoms with Crippen LogP contribution in [0.15, 0.2) is 24.3 Å². The normalized spacial score (nSPS) is 17.3. The summed E-state index contributed by atoms with van der Waals surface area (Å²) in [4.78, 5) is 26.8. The van der Waals surface area contributed by atoms with Gasteiger partial charge in [0, 0.05) is 49.9 Å². The number of carbonyl (C=O) groups excluding carboxylic acids is 1. The second-order valence-corrected chi connectivity index (χ2v) is 8.50. The molecular formula is C21H35BN4O6. The zero-order valence-electron chi connectivity index (χ0n) is 18.9. The van der Waals surface area contributed by atoms with Crippen LogP contribution in [0.2, 0.25) is 0 Å². The van der Waals surface area contributed by atoms with E-state index < -0.39 is 24.6 Å². The van der Waals surface area contributed by atoms with Gasteiger partial charge in [0.2, 0.25) is 0 Å². The lowest BCUT2D eigenvalue weighted by atomic mass is 9.65. The first kappa shape index (κ1) is 25.9. The molecule has 2 atom stereocenters. The number of benzene rings is 1. The summed E-state index contributed by atoms with van der Waals surface area (Å²) in [6.45, 7) is 3.55. The molecule has 10 nitrogen and oxygen atoms in total. The van der Waals surface area contributed by atoms with Crippen LogP contribution < -0.4 is 15.8 Å². The van der Waals surface area contributed by atoms with Crippen LogP contribution >= 0.6 is 0 Å². The molecule has 1 aromatic carbocycles. The summed E-state index contributed by atoms with van der Waals surface area (Å²) in [5, 5.41) is 31.7. The van der Waals surface area contributed by atoms with Crippen molar-refractivity contribution in [1.82, 2.24) is 9.80 Å². The molecule has 1 aliphatic rings. The van der Waals surface area contributed by atoms with E-state index in [0.717, 1.165) is 0 Å². The molecule has 1 fully saturated rings. The van der Waals surface area contributed by atoms with E-state index in [0.29, 0.717) is 63.3 Å². The molecule has 6 N–H and O–H groups in total. The van der Waals surface area contributed by atoms with Crippen LogP contribution in [0.3, 0.4) is 0 Å². The number of hydrogen-bond donors (Lipinski definition) is 5. The van der Waals surface area contributed by atoms with E-state index in [9.17, 15) is 19.6 Å². The summed E-state index contributed by atoms with van der Waals surface area (Å²) in [6, 6.07) is 6.88. The summed E-state index contributed by atoms with van der Waals surface area (Å²) in [5.41, 5.74) is 6.24. The number of carboxylic acid groups (broad SMARTS) is 1. The van der Waals surface area contributed by atoms with Crippen molar-refractivity contribution in [3.05, 3.63) is 24.3 Å². The van der Waals surface area contributed by atoms with Gasteiger partial charge >= 0.3 is 19.1 Å². The number of urea groups is 1. The van der Waals surface area contributed by atoms with E-state index in [1.165, 1.54) is 0 Å². The van der Waals surface area contributed by atoms with Crippen molar-refractivity contribution >= 4 is 24.8 Å². The molecule has 11 heteroatoms. The maximum atomic E-state index is 12.6. The highest BCUT2D eigenvalue weighted by Crippen LogP contribution is 2.24. The van der Waals surface area contributed by atoms with Crippen LogP contribution in [-0.4, -0.2) is 88.8 Å². The van der Waals surface area contributed by atoms with Crippen molar-refractivity contribution in [2.45, 2.75) is 50.5 Å². The minimum atomic E-state index is -1.62. The zero-order chi connectivity index (χ0) is 23.7. The topological polar surface area (TPSA) is 149 Å². The third kappa shape index (κ3) is 7.66. The number of ether oxygens (including phenoxy) is 1. The molecular weight excluding hydrogens is 415 g/mol. The van der Waals surface area contributed by atoms with Gasteiger partial charge in [0.05, 0.1) is 13.1 Å². The summed E-state index contributed by atoms with van der Waals surface area (Å²) in [5.74, 6) is -0.861. The van der Waals surface area contributed by atoms with E-state index in [-0.39, 0.29) is 12.5 Å². The first-order valence-corrected chi connectivity index (χ1v) is 10.9. The van der Waals surface area contributed by atoms with Gasteiger partial charge in [-0.1, -0.05) is 18.9 Å². The largest absolute Gasteiger partial charge is 0.497 e. The summed E-state index contributed by atoms with van der Waals surface area (Å²) in [7, 11) is -0.0610. The lowest BCUT2D eigenvalue weighted by Crippen LogP contribution is -2.67. The number of nitrogens with zero attached hydrogens (tertiary/aromatic N) is 2. The van der Waals surface area contributed by atoms with Crippen molar-refractivity contribution in [3.63, 3.8) is 0 Å². The van der Waals surface area contributed by atoms with Crippen molar-refractivity contribution in [2.24, 2.45) is 5.73 Å². The molecule has 1 heterocycles. The van der Waals surface area contributed by atoms with Crippen LogP contribution in [0, 0.1) is 0 Å². The molecule has 1 aromatic rings. The number of amides is 2. The standard InChI is InChI=1S/C21H35BN4O6/c1-21(23,10-5-3-4-9-18(27)28)19(22(30)31)25-11-13-26(14-12-25)20(29)24-16-7-6-8-17(15-16)32-2/h6-8,15,19,30-31H,3-5,9-14,23H2,1-2H3,(H,24,29)(H,27,28). The minimum absolute atomic E-state index is 0.118. The number of carboxylic acids is 1. The van der Waals surface area contributed by atoms with Gasteiger partial charge in [-0.15, -0.1) is 0 Å². The molecule has 178 valence electrons. The van der Waals surface area contributed by atoms with E-state index in [1.807, 2.05) is 4.90 Å². The minimum Gasteiger partial charge on any atom is -0.497 e. The van der Waals surface area contributed by atoms with Crippen LogP contribution in [0.5, 0.6) is 5.75 Å². The zero-order valence-corrected chi connectivity index (χ0v) is 18.9. The fourth-order valence-electron chi connectivity index (χ4n) is 4.16. The van der Waals surface area contributed by atoms with Crippen molar-refractivity contribution < 1.29 is 29.5 Å². The Morgan fingerprint density at radius 1 is 1.22 bits per heavy atom. The van der Waals surface area contributed by atoms with Gasteiger partial charge in [-0.25, -0.2) is 4.79 Å². The SMILES string of the molecule is COc1cccc(NC(=O)N2CCN(C(B(O)O)C(C)(N)CCCCCC(=O)O)CC2)c1. The Morgan fingerprint density at radius 3 is 2.50 bits per heavy atom. The van der Waals surface area contributed by atoms with Crippen LogP contribution in [0.1, 0.15) is 39.0 Å². The Labute approximate surface area is 189 Å². The Balaban J connectivity index is 1.88. The number of unbranched alkanes of at least 4 members (excludes halogenated alkanes) is 2. The van der Waals surface area contributed by atoms with Gasteiger partial charge in [-0.2, -0.15) is 0 Å². The molecule has 1 aliphatic heterocycles. The summed E-state index contributed by atoms with van der Waals surface area (Å²) < 4.78 is 5.17. The number of rotatable bonds is 11. The molecule has 1 saturated heterocycles. The van der Waals surface area contributed by atoms with Crippen molar-refractivity contribution in [3.8, 4) is 5.75 Å². The number of hydrogen-bond acceptors (Lipinski definition) is 7. The molecule has 2 unspecified atom stereocenters. The second-order valence-electron chi connectivity index (χ2n) is 8.50. The number of carbonyl (C=O) groups is 2. The first-order chi connectivity index (χ1) is 15.1. The number of methoxy groups -OCH3 is 1. The number of aliphatic carboxylic acids is 1. The average Bonchev–Trinajstić information content (AvgIpc) is 2.73. The number of nitrogens with two attached hydrogens (primary N) is 1. The van der Waals surface area contributed by atoms with Gasteiger partial charge in [0.1, 0.15) is 5.75 Å². The third-order valence-corrected chi connectivity index (χ3v) is 5.88. The lowest BCUT2D eigenvalue weighted by Gasteiger charge is -2.45. The lowest BCUT2D eigenvalue weighted by molar-refractivity contribution is -0.137. The Morgan fingerprint density at radius 2 is 1.91 bits per heavy atom. The maximum absolute atomic E-state index is 12.6. The van der Waals surface area contributed by atoms with Gasteiger partial charge in [0.25, 0.3) is 0 Å². The number of anilines is 1. The monoisotopic (exact) mass is 450 g/mol. The molecule has 2 amide bonds. The van der Waals surface area contributed by atoms with E-state index in [2.05, 4.69) is 5.32 Å². The van der Waals surface area contributed by atoms with Crippen molar-refractivity contribution in [2.75, 3.05) is 38.6 Å². The maximum Gasteiger partial charge on any atom is 0.471 e. The molecule has 2 rings (SSSR count). The Kier molecular flexibility index (Phi) is 9.76. The third-order valence-electron chi connectivity index (χ3n) is 5.88. The predicted octanol–water partition coefficient (Wildman–Crippen LogP) is 0.978. The average molecular weight is 450 g/mol. The highest BCUT2D eigenvalue weighted by molar-refractivity contribution is 6.43. The van der Waals surface area contributed by atoms with E-state index in [1.54, 1.807) is 43.2 Å². The molecule has 0 bridgehead atoms. The summed E-state index contributed by atoms with van der Waals surface area (Å²) >= 11 is 0. The van der Waals surface area contributed by atoms with E-state index >= 15 is 0 Å². The molecule has 0 spiro atoms. The molecule has 0 radical (unpaired) electrons. The van der Waals surface area contributed by atoms with Crippen LogP contribution in [-0.2, 0) is 4.79 Å². The fraction of sp³-hybridized carbons (Fsp3) is 0.619. The second kappa shape index (κ2) is 12.1.